The lowest BCUT2D eigenvalue weighted by Gasteiger charge is -2.15. The fraction of sp³-hybridized carbons (Fsp3) is 0.263. The Hall–Kier alpha value is -2.87. The highest BCUT2D eigenvalue weighted by atomic mass is 19.1. The molecule has 0 spiro atoms. The van der Waals surface area contributed by atoms with Crippen LogP contribution in [0.3, 0.4) is 0 Å². The number of hydrogen-bond donors (Lipinski definition) is 1. The van der Waals surface area contributed by atoms with E-state index in [2.05, 4.69) is 11.4 Å². The number of carbonyl (C=O) groups excluding carboxylic acids is 1. The molecule has 3 rings (SSSR count). The predicted octanol–water partition coefficient (Wildman–Crippen LogP) is 4.13. The third kappa shape index (κ3) is 3.54. The number of nitrogens with zero attached hydrogens (tertiary/aromatic N) is 1. The van der Waals surface area contributed by atoms with Gasteiger partial charge < -0.3 is 10.1 Å². The third-order valence-electron chi connectivity index (χ3n) is 4.08. The first-order valence-corrected chi connectivity index (χ1v) is 7.85. The van der Waals surface area contributed by atoms with Gasteiger partial charge in [-0.25, -0.2) is 4.39 Å². The number of rotatable bonds is 5. The molecule has 1 fully saturated rings. The largest absolute Gasteiger partial charge is 0.489 e. The number of hydrogen-bond acceptors (Lipinski definition) is 3. The standard InChI is InChI=1S/C19H17FN2O2/c1-12(13-6-7-13)24-18-9-8-15(10-14(18)11-21)22-19(23)16-4-2-3-5-17(16)20/h2-5,8-10,12-13H,6-7H2,1H3,(H,22,23). The first-order valence-electron chi connectivity index (χ1n) is 7.85. The van der Waals surface area contributed by atoms with Crippen molar-refractivity contribution in [3.8, 4) is 11.8 Å². The Morgan fingerprint density at radius 3 is 2.75 bits per heavy atom. The van der Waals surface area contributed by atoms with Crippen LogP contribution in [-0.2, 0) is 0 Å². The Kier molecular flexibility index (Phi) is 4.48. The summed E-state index contributed by atoms with van der Waals surface area (Å²) in [5.41, 5.74) is 0.721. The molecule has 1 aliphatic rings. The summed E-state index contributed by atoms with van der Waals surface area (Å²) in [5, 5.41) is 11.9. The number of anilines is 1. The Morgan fingerprint density at radius 1 is 1.33 bits per heavy atom. The molecular weight excluding hydrogens is 307 g/mol. The molecule has 0 aromatic heterocycles. The average molecular weight is 324 g/mol. The molecule has 0 radical (unpaired) electrons. The van der Waals surface area contributed by atoms with Gasteiger partial charge in [0, 0.05) is 5.69 Å². The number of amides is 1. The van der Waals surface area contributed by atoms with Crippen molar-refractivity contribution in [3.05, 3.63) is 59.4 Å². The van der Waals surface area contributed by atoms with Crippen molar-refractivity contribution in [1.29, 1.82) is 5.26 Å². The van der Waals surface area contributed by atoms with Gasteiger partial charge in [-0.05, 0) is 56.0 Å². The monoisotopic (exact) mass is 324 g/mol. The van der Waals surface area contributed by atoms with Crippen molar-refractivity contribution >= 4 is 11.6 Å². The van der Waals surface area contributed by atoms with Crippen LogP contribution in [0.5, 0.6) is 5.75 Å². The molecule has 0 aliphatic heterocycles. The first-order chi connectivity index (χ1) is 11.6. The van der Waals surface area contributed by atoms with E-state index in [0.717, 1.165) is 12.8 Å². The maximum atomic E-state index is 13.6. The Balaban J connectivity index is 1.76. The summed E-state index contributed by atoms with van der Waals surface area (Å²) in [6, 6.07) is 12.7. The molecule has 1 amide bonds. The highest BCUT2D eigenvalue weighted by Gasteiger charge is 2.29. The summed E-state index contributed by atoms with van der Waals surface area (Å²) in [4.78, 5) is 12.1. The summed E-state index contributed by atoms with van der Waals surface area (Å²) >= 11 is 0. The topological polar surface area (TPSA) is 62.1 Å². The highest BCUT2D eigenvalue weighted by Crippen LogP contribution is 2.35. The quantitative estimate of drug-likeness (QED) is 0.899. The van der Waals surface area contributed by atoms with Crippen LogP contribution in [0.25, 0.3) is 0 Å². The van der Waals surface area contributed by atoms with Crippen LogP contribution >= 0.6 is 0 Å². The minimum Gasteiger partial charge on any atom is -0.489 e. The summed E-state index contributed by atoms with van der Waals surface area (Å²) < 4.78 is 19.5. The highest BCUT2D eigenvalue weighted by molar-refractivity contribution is 6.04. The predicted molar refractivity (Wildman–Crippen MR) is 88.3 cm³/mol. The van der Waals surface area contributed by atoms with Crippen LogP contribution < -0.4 is 10.1 Å². The number of nitrogens with one attached hydrogen (secondary N) is 1. The van der Waals surface area contributed by atoms with Crippen LogP contribution in [-0.4, -0.2) is 12.0 Å². The van der Waals surface area contributed by atoms with E-state index in [4.69, 9.17) is 4.74 Å². The zero-order valence-corrected chi connectivity index (χ0v) is 13.3. The smallest absolute Gasteiger partial charge is 0.258 e. The van der Waals surface area contributed by atoms with Gasteiger partial charge in [0.15, 0.2) is 0 Å². The Labute approximate surface area is 139 Å². The van der Waals surface area contributed by atoms with Gasteiger partial charge in [-0.1, -0.05) is 12.1 Å². The zero-order chi connectivity index (χ0) is 17.1. The molecule has 2 aromatic rings. The second-order valence-electron chi connectivity index (χ2n) is 5.92. The van der Waals surface area contributed by atoms with E-state index in [1.807, 2.05) is 6.92 Å². The van der Waals surface area contributed by atoms with Gasteiger partial charge in [0.1, 0.15) is 17.6 Å². The molecule has 1 saturated carbocycles. The molecule has 5 heteroatoms. The lowest BCUT2D eigenvalue weighted by Crippen LogP contribution is -2.16. The van der Waals surface area contributed by atoms with Crippen molar-refractivity contribution in [2.24, 2.45) is 5.92 Å². The van der Waals surface area contributed by atoms with Crippen molar-refractivity contribution in [3.63, 3.8) is 0 Å². The van der Waals surface area contributed by atoms with E-state index >= 15 is 0 Å². The molecular formula is C19H17FN2O2. The van der Waals surface area contributed by atoms with E-state index in [9.17, 15) is 14.4 Å². The molecule has 1 atom stereocenters. The van der Waals surface area contributed by atoms with Gasteiger partial charge in [-0.3, -0.25) is 4.79 Å². The Bertz CT molecular complexity index is 809. The minimum atomic E-state index is -0.589. The second kappa shape index (κ2) is 6.71. The van der Waals surface area contributed by atoms with E-state index in [-0.39, 0.29) is 11.7 Å². The van der Waals surface area contributed by atoms with Gasteiger partial charge in [-0.2, -0.15) is 5.26 Å². The fourth-order valence-corrected chi connectivity index (χ4v) is 2.50. The number of nitriles is 1. The summed E-state index contributed by atoms with van der Waals surface area (Å²) in [6.07, 6.45) is 2.37. The molecule has 0 saturated heterocycles. The molecule has 122 valence electrons. The van der Waals surface area contributed by atoms with Crippen LogP contribution in [0, 0.1) is 23.1 Å². The molecule has 2 aromatic carbocycles. The van der Waals surface area contributed by atoms with E-state index < -0.39 is 11.7 Å². The first kappa shape index (κ1) is 16.0. The molecule has 4 nitrogen and oxygen atoms in total. The Morgan fingerprint density at radius 2 is 2.08 bits per heavy atom. The maximum Gasteiger partial charge on any atom is 0.258 e. The van der Waals surface area contributed by atoms with Crippen LogP contribution in [0.4, 0.5) is 10.1 Å². The van der Waals surface area contributed by atoms with Crippen molar-refractivity contribution < 1.29 is 13.9 Å². The van der Waals surface area contributed by atoms with Crippen molar-refractivity contribution in [2.75, 3.05) is 5.32 Å². The summed E-state index contributed by atoms with van der Waals surface area (Å²) in [5.74, 6) is -0.0940. The van der Waals surface area contributed by atoms with E-state index in [0.29, 0.717) is 22.9 Å². The fourth-order valence-electron chi connectivity index (χ4n) is 2.50. The lowest BCUT2D eigenvalue weighted by atomic mass is 10.1. The maximum absolute atomic E-state index is 13.6. The lowest BCUT2D eigenvalue weighted by molar-refractivity contribution is 0.102. The number of carbonyl (C=O) groups is 1. The van der Waals surface area contributed by atoms with E-state index in [1.165, 1.54) is 24.3 Å². The zero-order valence-electron chi connectivity index (χ0n) is 13.3. The summed E-state index contributed by atoms with van der Waals surface area (Å²) in [7, 11) is 0. The third-order valence-corrected chi connectivity index (χ3v) is 4.08. The number of ether oxygens (including phenoxy) is 1. The second-order valence-corrected chi connectivity index (χ2v) is 5.92. The molecule has 1 unspecified atom stereocenters. The molecule has 0 bridgehead atoms. The van der Waals surface area contributed by atoms with Crippen molar-refractivity contribution in [2.45, 2.75) is 25.9 Å². The van der Waals surface area contributed by atoms with Crippen LogP contribution in [0.1, 0.15) is 35.7 Å². The van der Waals surface area contributed by atoms with Gasteiger partial charge in [-0.15, -0.1) is 0 Å². The van der Waals surface area contributed by atoms with Crippen molar-refractivity contribution in [1.82, 2.24) is 0 Å². The normalized spacial score (nSPS) is 14.5. The van der Waals surface area contributed by atoms with Gasteiger partial charge in [0.25, 0.3) is 5.91 Å². The molecule has 24 heavy (non-hydrogen) atoms. The van der Waals surface area contributed by atoms with Gasteiger partial charge in [0.05, 0.1) is 17.2 Å². The molecule has 0 heterocycles. The van der Waals surface area contributed by atoms with Gasteiger partial charge in [0.2, 0.25) is 0 Å². The van der Waals surface area contributed by atoms with E-state index in [1.54, 1.807) is 18.2 Å². The van der Waals surface area contributed by atoms with Crippen LogP contribution in [0.15, 0.2) is 42.5 Å². The molecule has 1 N–H and O–H groups in total. The SMILES string of the molecule is CC(Oc1ccc(NC(=O)c2ccccc2F)cc1C#N)C1CC1. The van der Waals surface area contributed by atoms with Crippen LogP contribution in [0.2, 0.25) is 0 Å². The van der Waals surface area contributed by atoms with Gasteiger partial charge >= 0.3 is 0 Å². The number of benzene rings is 2. The number of halogens is 1. The summed E-state index contributed by atoms with van der Waals surface area (Å²) in [6.45, 7) is 1.99. The minimum absolute atomic E-state index is 0.0429. The molecule has 1 aliphatic carbocycles. The average Bonchev–Trinajstić information content (AvgIpc) is 3.41.